The molecule has 1 amide bonds. The van der Waals surface area contributed by atoms with Gasteiger partial charge in [0.25, 0.3) is 15.9 Å². The summed E-state index contributed by atoms with van der Waals surface area (Å²) in [5.74, 6) is -2.38. The molecule has 220 valence electrons. The maximum Gasteiger partial charge on any atom is 0.268 e. The van der Waals surface area contributed by atoms with Crippen molar-refractivity contribution in [3.05, 3.63) is 105 Å². The molecule has 6 rings (SSSR count). The van der Waals surface area contributed by atoms with Gasteiger partial charge in [-0.25, -0.2) is 16.8 Å². The van der Waals surface area contributed by atoms with Crippen LogP contribution in [0.25, 0.3) is 21.7 Å². The Morgan fingerprint density at radius 2 is 1.70 bits per heavy atom. The van der Waals surface area contributed by atoms with Gasteiger partial charge in [-0.2, -0.15) is 0 Å². The number of carbonyl (C=O) groups excluding carboxylic acids is 2. The topological polar surface area (TPSA) is 108 Å². The molecule has 4 aromatic carbocycles. The van der Waals surface area contributed by atoms with Gasteiger partial charge < -0.3 is 10.5 Å². The number of hydrogen-bond donors (Lipinski definition) is 1. The molecule has 0 bridgehead atoms. The highest BCUT2D eigenvalue weighted by Gasteiger charge is 2.30. The van der Waals surface area contributed by atoms with Crippen LogP contribution in [-0.2, 0) is 10.0 Å². The number of halogens is 2. The Labute approximate surface area is 253 Å². The lowest BCUT2D eigenvalue weighted by atomic mass is 10.0. The van der Waals surface area contributed by atoms with E-state index in [-0.39, 0.29) is 26.6 Å². The van der Waals surface area contributed by atoms with Gasteiger partial charge in [0.1, 0.15) is 17.1 Å². The fourth-order valence-electron chi connectivity index (χ4n) is 5.84. The number of nitrogens with zero attached hydrogens (tertiary/aromatic N) is 1. The Morgan fingerprint density at radius 3 is 2.35 bits per heavy atom. The van der Waals surface area contributed by atoms with Crippen molar-refractivity contribution in [1.82, 2.24) is 3.97 Å². The smallest absolute Gasteiger partial charge is 0.268 e. The van der Waals surface area contributed by atoms with E-state index in [0.717, 1.165) is 24.0 Å². The second kappa shape index (κ2) is 10.5. The zero-order valence-corrected chi connectivity index (χ0v) is 25.3. The van der Waals surface area contributed by atoms with Crippen molar-refractivity contribution < 1.29 is 27.1 Å². The van der Waals surface area contributed by atoms with E-state index in [4.69, 9.17) is 22.1 Å². The van der Waals surface area contributed by atoms with Gasteiger partial charge in [0, 0.05) is 27.6 Å². The molecule has 0 saturated heterocycles. The first-order valence-electron chi connectivity index (χ1n) is 13.7. The van der Waals surface area contributed by atoms with E-state index in [2.05, 4.69) is 0 Å². The zero-order chi connectivity index (χ0) is 30.8. The number of aromatic nitrogens is 1. The maximum absolute atomic E-state index is 15.3. The monoisotopic (exact) mass is 618 g/mol. The average molecular weight is 619 g/mol. The Balaban J connectivity index is 1.43. The van der Waals surface area contributed by atoms with E-state index in [1.54, 1.807) is 32.0 Å². The highest BCUT2D eigenvalue weighted by atomic mass is 35.5. The third-order valence-electron chi connectivity index (χ3n) is 7.88. The van der Waals surface area contributed by atoms with Gasteiger partial charge in [-0.3, -0.25) is 9.59 Å². The van der Waals surface area contributed by atoms with Gasteiger partial charge in [-0.1, -0.05) is 47.5 Å². The molecule has 0 radical (unpaired) electrons. The van der Waals surface area contributed by atoms with E-state index in [1.165, 1.54) is 22.3 Å². The molecule has 0 atom stereocenters. The van der Waals surface area contributed by atoms with E-state index >= 15 is 4.39 Å². The fraction of sp³-hybridized carbons (Fsp3) is 0.212. The lowest BCUT2D eigenvalue weighted by Crippen LogP contribution is -2.18. The van der Waals surface area contributed by atoms with E-state index in [0.29, 0.717) is 33.3 Å². The highest BCUT2D eigenvalue weighted by molar-refractivity contribution is 7.90. The van der Waals surface area contributed by atoms with Crippen LogP contribution in [0.15, 0.2) is 65.7 Å². The average Bonchev–Trinajstić information content (AvgIpc) is 3.70. The van der Waals surface area contributed by atoms with Crippen LogP contribution in [0.3, 0.4) is 0 Å². The van der Waals surface area contributed by atoms with Crippen molar-refractivity contribution in [2.45, 2.75) is 44.4 Å². The van der Waals surface area contributed by atoms with Crippen LogP contribution in [0, 0.1) is 26.6 Å². The lowest BCUT2D eigenvalue weighted by molar-refractivity contribution is 0.0912. The summed E-state index contributed by atoms with van der Waals surface area (Å²) in [6.45, 7) is 4.81. The quantitative estimate of drug-likeness (QED) is 0.189. The predicted octanol–water partition coefficient (Wildman–Crippen LogP) is 6.99. The predicted molar refractivity (Wildman–Crippen MR) is 164 cm³/mol. The van der Waals surface area contributed by atoms with E-state index in [9.17, 15) is 18.0 Å². The first kappa shape index (κ1) is 28.9. The number of fused-ring (bicyclic) bond motifs is 2. The van der Waals surface area contributed by atoms with Crippen LogP contribution in [0.4, 0.5) is 4.39 Å². The molecule has 0 aliphatic heterocycles. The van der Waals surface area contributed by atoms with Gasteiger partial charge in [0.05, 0.1) is 10.4 Å². The fourth-order valence-corrected chi connectivity index (χ4v) is 7.80. The number of benzene rings is 4. The van der Waals surface area contributed by atoms with Crippen LogP contribution < -0.4 is 10.5 Å². The number of Topliss-reactive ketones (excluding diaryl/α,β-unsaturated/α-hetero) is 1. The van der Waals surface area contributed by atoms with Crippen molar-refractivity contribution in [2.75, 3.05) is 6.61 Å². The molecule has 0 spiro atoms. The second-order valence-corrected chi connectivity index (χ2v) is 13.3. The van der Waals surface area contributed by atoms with Crippen LogP contribution in [0.2, 0.25) is 5.02 Å². The van der Waals surface area contributed by atoms with Crippen LogP contribution in [-0.4, -0.2) is 30.7 Å². The summed E-state index contributed by atoms with van der Waals surface area (Å²) in [6.07, 6.45) is 3.36. The summed E-state index contributed by atoms with van der Waals surface area (Å²) in [7, 11) is -4.09. The van der Waals surface area contributed by atoms with Gasteiger partial charge in [-0.15, -0.1) is 0 Å². The maximum atomic E-state index is 15.3. The number of hydrogen-bond acceptors (Lipinski definition) is 5. The SMILES string of the molecule is Cc1cc(C)c(S(=O)(=O)n2cc(C(=O)COc3cc4ccc(Cl)cc4c(F)c3C(N)=O)c3ccc(C4CC4)cc32)c(C)c1. The number of primary amides is 1. The van der Waals surface area contributed by atoms with Crippen LogP contribution >= 0.6 is 11.6 Å². The lowest BCUT2D eigenvalue weighted by Gasteiger charge is -2.14. The molecule has 5 aromatic rings. The third kappa shape index (κ3) is 5.06. The Morgan fingerprint density at radius 1 is 1.00 bits per heavy atom. The molecule has 7 nitrogen and oxygen atoms in total. The zero-order valence-electron chi connectivity index (χ0n) is 23.7. The molecular formula is C33H28ClFN2O5S. The van der Waals surface area contributed by atoms with Gasteiger partial charge >= 0.3 is 0 Å². The molecule has 1 fully saturated rings. The van der Waals surface area contributed by atoms with Crippen molar-refractivity contribution >= 4 is 55.0 Å². The highest BCUT2D eigenvalue weighted by Crippen LogP contribution is 2.42. The normalized spacial score (nSPS) is 13.5. The minimum atomic E-state index is -4.09. The second-order valence-electron chi connectivity index (χ2n) is 11.1. The summed E-state index contributed by atoms with van der Waals surface area (Å²) >= 11 is 6.00. The summed E-state index contributed by atoms with van der Waals surface area (Å²) in [4.78, 5) is 26.0. The first-order chi connectivity index (χ1) is 20.4. The largest absolute Gasteiger partial charge is 0.484 e. The molecule has 1 aliphatic carbocycles. The number of ketones is 1. The summed E-state index contributed by atoms with van der Waals surface area (Å²) in [5, 5.41) is 1.20. The van der Waals surface area contributed by atoms with E-state index < -0.39 is 39.7 Å². The summed E-state index contributed by atoms with van der Waals surface area (Å²) in [5.41, 5.74) is 8.63. The molecule has 0 unspecified atom stereocenters. The van der Waals surface area contributed by atoms with Crippen LogP contribution in [0.1, 0.15) is 61.7 Å². The Bertz CT molecular complexity index is 2090. The molecule has 2 N–H and O–H groups in total. The molecule has 10 heteroatoms. The molecular weight excluding hydrogens is 591 g/mol. The number of nitrogens with two attached hydrogens (primary N) is 1. The van der Waals surface area contributed by atoms with Gasteiger partial charge in [0.15, 0.2) is 6.61 Å². The number of carbonyl (C=O) groups is 2. The Hall–Kier alpha value is -4.21. The Kier molecular flexibility index (Phi) is 7.06. The molecule has 1 aliphatic rings. The standard InChI is InChI=1S/C33H28ClFN2O5S/c1-17-10-18(2)32(19(3)11-17)43(40,41)37-15-26(24-9-7-21(12-27(24)37)20-4-5-20)28(38)16-42-29-13-22-6-8-23(34)14-25(22)31(35)30(29)33(36)39/h6-15,20H,4-5,16H2,1-3H3,(H2,36,39). The van der Waals surface area contributed by atoms with Gasteiger partial charge in [-0.05, 0) is 85.9 Å². The first-order valence-corrected chi connectivity index (χ1v) is 15.5. The third-order valence-corrected chi connectivity index (χ3v) is 10.1. The molecule has 43 heavy (non-hydrogen) atoms. The molecule has 1 heterocycles. The van der Waals surface area contributed by atoms with Crippen molar-refractivity contribution in [3.63, 3.8) is 0 Å². The van der Waals surface area contributed by atoms with Crippen LogP contribution in [0.5, 0.6) is 5.75 Å². The van der Waals surface area contributed by atoms with Crippen molar-refractivity contribution in [2.24, 2.45) is 5.73 Å². The molecule has 1 aromatic heterocycles. The summed E-state index contributed by atoms with van der Waals surface area (Å²) in [6, 6.07) is 15.0. The minimum Gasteiger partial charge on any atom is -0.484 e. The number of aryl methyl sites for hydroxylation is 3. The van der Waals surface area contributed by atoms with Crippen molar-refractivity contribution in [1.29, 1.82) is 0 Å². The minimum absolute atomic E-state index is 0.0846. The number of amides is 1. The van der Waals surface area contributed by atoms with Crippen molar-refractivity contribution in [3.8, 4) is 5.75 Å². The number of rotatable bonds is 8. The number of ether oxygens (including phenoxy) is 1. The van der Waals surface area contributed by atoms with Gasteiger partial charge in [0.2, 0.25) is 5.78 Å². The summed E-state index contributed by atoms with van der Waals surface area (Å²) < 4.78 is 50.5. The van der Waals surface area contributed by atoms with E-state index in [1.807, 2.05) is 31.2 Å². The molecule has 1 saturated carbocycles.